The Morgan fingerprint density at radius 3 is 2.00 bits per heavy atom. The van der Waals surface area contributed by atoms with E-state index in [1.807, 2.05) is 0 Å². The molecular weight excluding hydrogens is 283 g/mol. The summed E-state index contributed by atoms with van der Waals surface area (Å²) in [6.07, 6.45) is 1.13. The zero-order chi connectivity index (χ0) is 15.0. The zero-order valence-corrected chi connectivity index (χ0v) is 10.2. The number of nitrogens with zero attached hydrogens (tertiary/aromatic N) is 1. The molecule has 1 fully saturated rings. The van der Waals surface area contributed by atoms with Gasteiger partial charge in [-0.1, -0.05) is 0 Å². The first-order valence-corrected chi connectivity index (χ1v) is 5.90. The van der Waals surface area contributed by atoms with Crippen LogP contribution in [0.5, 0.6) is 0 Å². The van der Waals surface area contributed by atoms with Crippen LogP contribution in [0.4, 0.5) is 22.0 Å². The molecule has 3 nitrogen and oxygen atoms in total. The Hall–Kier alpha value is -1.70. The Kier molecular flexibility index (Phi) is 3.94. The maximum atomic E-state index is 13.5. The number of benzene rings is 1. The van der Waals surface area contributed by atoms with Crippen molar-refractivity contribution in [3.8, 4) is 0 Å². The third kappa shape index (κ3) is 2.35. The summed E-state index contributed by atoms with van der Waals surface area (Å²) in [6, 6.07) is -0.381. The van der Waals surface area contributed by atoms with Crippen LogP contribution in [0.25, 0.3) is 0 Å². The van der Waals surface area contributed by atoms with Gasteiger partial charge >= 0.3 is 0 Å². The fourth-order valence-electron chi connectivity index (χ4n) is 2.15. The van der Waals surface area contributed by atoms with Crippen molar-refractivity contribution in [1.82, 2.24) is 4.90 Å². The average molecular weight is 294 g/mol. The van der Waals surface area contributed by atoms with E-state index in [0.717, 1.165) is 4.90 Å². The molecule has 0 bridgehead atoms. The number of amides is 1. The van der Waals surface area contributed by atoms with Crippen LogP contribution in [0, 0.1) is 29.1 Å². The predicted octanol–water partition coefficient (Wildman–Crippen LogP) is 1.95. The second kappa shape index (κ2) is 5.35. The Morgan fingerprint density at radius 2 is 1.50 bits per heavy atom. The van der Waals surface area contributed by atoms with Gasteiger partial charge in [-0.15, -0.1) is 0 Å². The molecular formula is C12H11F5N2O. The zero-order valence-electron chi connectivity index (χ0n) is 10.2. The molecule has 0 spiro atoms. The van der Waals surface area contributed by atoms with Gasteiger partial charge in [-0.05, 0) is 12.8 Å². The van der Waals surface area contributed by atoms with Crippen LogP contribution >= 0.6 is 0 Å². The van der Waals surface area contributed by atoms with Gasteiger partial charge in [0.15, 0.2) is 23.3 Å². The lowest BCUT2D eigenvalue weighted by atomic mass is 10.0. The quantitative estimate of drug-likeness (QED) is 0.489. The molecule has 8 heteroatoms. The standard InChI is InChI=1S/C12H11F5N2O/c13-7-6(8(14)10(16)11(17)9(7)15)12(20)19-3-1-2-5(18)4-19/h5H,1-4,18H2. The topological polar surface area (TPSA) is 46.3 Å². The highest BCUT2D eigenvalue weighted by Gasteiger charge is 2.33. The molecule has 0 aliphatic carbocycles. The Bertz CT molecular complexity index is 534. The van der Waals surface area contributed by atoms with E-state index in [9.17, 15) is 26.7 Å². The second-order valence-electron chi connectivity index (χ2n) is 4.60. The lowest BCUT2D eigenvalue weighted by molar-refractivity contribution is 0.0695. The number of hydrogen-bond acceptors (Lipinski definition) is 2. The van der Waals surface area contributed by atoms with E-state index in [1.54, 1.807) is 0 Å². The number of carbonyl (C=O) groups is 1. The normalized spacial score (nSPS) is 19.3. The van der Waals surface area contributed by atoms with Crippen LogP contribution in [-0.4, -0.2) is 29.9 Å². The van der Waals surface area contributed by atoms with Crippen molar-refractivity contribution >= 4 is 5.91 Å². The SMILES string of the molecule is NC1CCCN(C(=O)c2c(F)c(F)c(F)c(F)c2F)C1. The maximum Gasteiger partial charge on any atom is 0.260 e. The average Bonchev–Trinajstić information content (AvgIpc) is 2.43. The Labute approximate surface area is 111 Å². The molecule has 1 saturated heterocycles. The van der Waals surface area contributed by atoms with Crippen molar-refractivity contribution in [1.29, 1.82) is 0 Å². The molecule has 110 valence electrons. The van der Waals surface area contributed by atoms with Crippen molar-refractivity contribution in [3.05, 3.63) is 34.6 Å². The number of halogens is 5. The van der Waals surface area contributed by atoms with E-state index in [4.69, 9.17) is 5.73 Å². The minimum absolute atomic E-state index is 0.0122. The molecule has 0 radical (unpaired) electrons. The van der Waals surface area contributed by atoms with Gasteiger partial charge in [0.1, 0.15) is 5.56 Å². The summed E-state index contributed by atoms with van der Waals surface area (Å²) >= 11 is 0. The molecule has 2 N–H and O–H groups in total. The van der Waals surface area contributed by atoms with Crippen molar-refractivity contribution in [2.24, 2.45) is 5.73 Å². The van der Waals surface area contributed by atoms with Gasteiger partial charge in [0, 0.05) is 19.1 Å². The highest BCUT2D eigenvalue weighted by Crippen LogP contribution is 2.25. The molecule has 0 aromatic heterocycles. The first-order chi connectivity index (χ1) is 9.34. The van der Waals surface area contributed by atoms with Gasteiger partial charge in [-0.25, -0.2) is 22.0 Å². The molecule has 1 aromatic carbocycles. The largest absolute Gasteiger partial charge is 0.337 e. The highest BCUT2D eigenvalue weighted by atomic mass is 19.2. The van der Waals surface area contributed by atoms with Gasteiger partial charge in [-0.2, -0.15) is 0 Å². The predicted molar refractivity (Wildman–Crippen MR) is 59.3 cm³/mol. The number of rotatable bonds is 1. The van der Waals surface area contributed by atoms with Crippen LogP contribution in [0.2, 0.25) is 0 Å². The summed E-state index contributed by atoms with van der Waals surface area (Å²) in [4.78, 5) is 12.9. The van der Waals surface area contributed by atoms with Crippen LogP contribution in [0.1, 0.15) is 23.2 Å². The molecule has 0 saturated carbocycles. The van der Waals surface area contributed by atoms with Crippen LogP contribution < -0.4 is 5.73 Å². The summed E-state index contributed by atoms with van der Waals surface area (Å²) in [6.45, 7) is 0.171. The molecule has 2 rings (SSSR count). The fraction of sp³-hybridized carbons (Fsp3) is 0.417. The molecule has 1 aliphatic rings. The van der Waals surface area contributed by atoms with Crippen LogP contribution in [0.15, 0.2) is 0 Å². The maximum absolute atomic E-state index is 13.5. The van der Waals surface area contributed by atoms with E-state index >= 15 is 0 Å². The van der Waals surface area contributed by atoms with E-state index in [0.29, 0.717) is 12.8 Å². The van der Waals surface area contributed by atoms with E-state index < -0.39 is 40.6 Å². The van der Waals surface area contributed by atoms with E-state index in [2.05, 4.69) is 0 Å². The van der Waals surface area contributed by atoms with Crippen LogP contribution in [-0.2, 0) is 0 Å². The minimum atomic E-state index is -2.29. The minimum Gasteiger partial charge on any atom is -0.337 e. The van der Waals surface area contributed by atoms with Gasteiger partial charge in [-0.3, -0.25) is 4.79 Å². The molecule has 1 atom stereocenters. The Balaban J connectivity index is 2.44. The van der Waals surface area contributed by atoms with Gasteiger partial charge in [0.2, 0.25) is 5.82 Å². The summed E-state index contributed by atoms with van der Waals surface area (Å²) in [5.41, 5.74) is 4.18. The number of piperidine rings is 1. The third-order valence-corrected chi connectivity index (χ3v) is 3.17. The van der Waals surface area contributed by atoms with Crippen molar-refractivity contribution < 1.29 is 26.7 Å². The van der Waals surface area contributed by atoms with Gasteiger partial charge < -0.3 is 10.6 Å². The Morgan fingerprint density at radius 1 is 1.00 bits per heavy atom. The summed E-state index contributed by atoms with van der Waals surface area (Å²) in [7, 11) is 0. The first-order valence-electron chi connectivity index (χ1n) is 5.90. The number of likely N-dealkylation sites (tertiary alicyclic amines) is 1. The summed E-state index contributed by atoms with van der Waals surface area (Å²) < 4.78 is 66.0. The highest BCUT2D eigenvalue weighted by molar-refractivity contribution is 5.95. The van der Waals surface area contributed by atoms with E-state index in [-0.39, 0.29) is 19.1 Å². The fourth-order valence-corrected chi connectivity index (χ4v) is 2.15. The van der Waals surface area contributed by atoms with Crippen molar-refractivity contribution in [2.45, 2.75) is 18.9 Å². The molecule has 1 amide bonds. The molecule has 20 heavy (non-hydrogen) atoms. The smallest absolute Gasteiger partial charge is 0.260 e. The third-order valence-electron chi connectivity index (χ3n) is 3.17. The lowest BCUT2D eigenvalue weighted by Crippen LogP contribution is -2.46. The monoisotopic (exact) mass is 294 g/mol. The summed E-state index contributed by atoms with van der Waals surface area (Å²) in [5, 5.41) is 0. The number of nitrogens with two attached hydrogens (primary N) is 1. The molecule has 1 aromatic rings. The lowest BCUT2D eigenvalue weighted by Gasteiger charge is -2.31. The van der Waals surface area contributed by atoms with Crippen molar-refractivity contribution in [2.75, 3.05) is 13.1 Å². The van der Waals surface area contributed by atoms with E-state index in [1.165, 1.54) is 0 Å². The van der Waals surface area contributed by atoms with Gasteiger partial charge in [0.05, 0.1) is 0 Å². The number of carbonyl (C=O) groups excluding carboxylic acids is 1. The molecule has 1 aliphatic heterocycles. The summed E-state index contributed by atoms with van der Waals surface area (Å²) in [5.74, 6) is -12.0. The van der Waals surface area contributed by atoms with Crippen molar-refractivity contribution in [3.63, 3.8) is 0 Å². The van der Waals surface area contributed by atoms with Gasteiger partial charge in [0.25, 0.3) is 5.91 Å². The molecule has 1 unspecified atom stereocenters. The number of hydrogen-bond donors (Lipinski definition) is 1. The molecule has 1 heterocycles. The second-order valence-corrected chi connectivity index (χ2v) is 4.60. The van der Waals surface area contributed by atoms with Crippen LogP contribution in [0.3, 0.4) is 0 Å². The first kappa shape index (κ1) is 14.7.